The van der Waals surface area contributed by atoms with Gasteiger partial charge in [0.2, 0.25) is 5.88 Å². The van der Waals surface area contributed by atoms with Crippen LogP contribution in [0.15, 0.2) is 42.7 Å². The van der Waals surface area contributed by atoms with Crippen LogP contribution in [-0.2, 0) is 18.1 Å². The summed E-state index contributed by atoms with van der Waals surface area (Å²) in [4.78, 5) is 8.18. The zero-order valence-electron chi connectivity index (χ0n) is 12.6. The molecular formula is C15H16BN3O4. The number of hydrogen-bond acceptors (Lipinski definition) is 6. The van der Waals surface area contributed by atoms with Crippen molar-refractivity contribution in [3.8, 4) is 5.88 Å². The van der Waals surface area contributed by atoms with Crippen molar-refractivity contribution in [3.05, 3.63) is 48.3 Å². The van der Waals surface area contributed by atoms with Gasteiger partial charge in [0, 0.05) is 0 Å². The van der Waals surface area contributed by atoms with E-state index >= 15 is 0 Å². The molecule has 118 valence electrons. The van der Waals surface area contributed by atoms with E-state index in [0.29, 0.717) is 23.5 Å². The predicted octanol–water partition coefficient (Wildman–Crippen LogP) is 0.294. The van der Waals surface area contributed by atoms with Gasteiger partial charge in [-0.15, -0.1) is 0 Å². The fourth-order valence-electron chi connectivity index (χ4n) is 2.41. The predicted molar refractivity (Wildman–Crippen MR) is 85.1 cm³/mol. The summed E-state index contributed by atoms with van der Waals surface area (Å²) < 4.78 is 12.5. The molecule has 0 fully saturated rings. The van der Waals surface area contributed by atoms with Crippen LogP contribution < -0.4 is 10.3 Å². The first-order valence-corrected chi connectivity index (χ1v) is 7.06. The van der Waals surface area contributed by atoms with Gasteiger partial charge in [0.25, 0.3) is 0 Å². The standard InChI is InChI=1S/C15H16BN3O4/c1-22-15-14-12(17-9-18-15)7-13(16(20)21)19(14)10-23-8-11-5-3-2-4-6-11/h2-7,9,20-21H,8,10H2,1H3. The van der Waals surface area contributed by atoms with Gasteiger partial charge in [-0.2, -0.15) is 4.98 Å². The second-order valence-corrected chi connectivity index (χ2v) is 4.95. The van der Waals surface area contributed by atoms with Crippen molar-refractivity contribution in [3.63, 3.8) is 0 Å². The van der Waals surface area contributed by atoms with Gasteiger partial charge in [-0.05, 0) is 11.6 Å². The molecule has 0 bridgehead atoms. The maximum absolute atomic E-state index is 9.58. The summed E-state index contributed by atoms with van der Waals surface area (Å²) in [6.07, 6.45) is 1.36. The average Bonchev–Trinajstić information content (AvgIpc) is 2.95. The molecule has 0 aliphatic heterocycles. The molecule has 23 heavy (non-hydrogen) atoms. The van der Waals surface area contributed by atoms with Gasteiger partial charge < -0.3 is 24.1 Å². The molecule has 0 radical (unpaired) electrons. The number of fused-ring (bicyclic) bond motifs is 1. The third-order valence-electron chi connectivity index (χ3n) is 3.47. The normalized spacial score (nSPS) is 10.9. The van der Waals surface area contributed by atoms with E-state index in [-0.39, 0.29) is 12.3 Å². The van der Waals surface area contributed by atoms with Crippen LogP contribution in [0.2, 0.25) is 0 Å². The molecule has 0 unspecified atom stereocenters. The Labute approximate surface area is 133 Å². The van der Waals surface area contributed by atoms with Crippen molar-refractivity contribution >= 4 is 23.7 Å². The Morgan fingerprint density at radius 1 is 1.17 bits per heavy atom. The van der Waals surface area contributed by atoms with Crippen LogP contribution in [0.1, 0.15) is 5.56 Å². The van der Waals surface area contributed by atoms with Crippen molar-refractivity contribution in [2.75, 3.05) is 7.11 Å². The second-order valence-electron chi connectivity index (χ2n) is 4.95. The Kier molecular flexibility index (Phi) is 4.56. The smallest absolute Gasteiger partial charge is 0.479 e. The molecule has 2 N–H and O–H groups in total. The van der Waals surface area contributed by atoms with E-state index in [4.69, 9.17) is 9.47 Å². The molecule has 0 spiro atoms. The van der Waals surface area contributed by atoms with Gasteiger partial charge in [0.05, 0.1) is 24.8 Å². The fraction of sp³-hybridized carbons (Fsp3) is 0.200. The average molecular weight is 313 g/mol. The maximum atomic E-state index is 9.58. The summed E-state index contributed by atoms with van der Waals surface area (Å²) in [5.41, 5.74) is 2.42. The lowest BCUT2D eigenvalue weighted by Gasteiger charge is -2.12. The third kappa shape index (κ3) is 3.19. The van der Waals surface area contributed by atoms with Crippen molar-refractivity contribution in [2.24, 2.45) is 0 Å². The van der Waals surface area contributed by atoms with Gasteiger partial charge in [-0.1, -0.05) is 30.3 Å². The first-order chi connectivity index (χ1) is 11.2. The number of rotatable bonds is 6. The van der Waals surface area contributed by atoms with Crippen LogP contribution in [0.25, 0.3) is 11.0 Å². The summed E-state index contributed by atoms with van der Waals surface area (Å²) in [5.74, 6) is 0.352. The summed E-state index contributed by atoms with van der Waals surface area (Å²) in [7, 11) is -0.145. The molecule has 0 atom stereocenters. The molecule has 1 aromatic carbocycles. The molecule has 3 rings (SSSR count). The zero-order valence-corrected chi connectivity index (χ0v) is 12.6. The Morgan fingerprint density at radius 2 is 1.96 bits per heavy atom. The van der Waals surface area contributed by atoms with E-state index in [1.54, 1.807) is 10.6 Å². The minimum absolute atomic E-state index is 0.120. The summed E-state index contributed by atoms with van der Waals surface area (Å²) in [6.45, 7) is 0.520. The van der Waals surface area contributed by atoms with E-state index < -0.39 is 7.12 Å². The van der Waals surface area contributed by atoms with Crippen molar-refractivity contribution in [1.29, 1.82) is 0 Å². The number of ether oxygens (including phenoxy) is 2. The van der Waals surface area contributed by atoms with Crippen molar-refractivity contribution < 1.29 is 19.5 Å². The lowest BCUT2D eigenvalue weighted by atomic mass is 9.86. The highest BCUT2D eigenvalue weighted by Gasteiger charge is 2.22. The number of aromatic nitrogens is 3. The van der Waals surface area contributed by atoms with Crippen LogP contribution in [0.3, 0.4) is 0 Å². The molecule has 3 aromatic rings. The lowest BCUT2D eigenvalue weighted by molar-refractivity contribution is 0.0678. The minimum Gasteiger partial charge on any atom is -0.479 e. The van der Waals surface area contributed by atoms with E-state index in [0.717, 1.165) is 5.56 Å². The van der Waals surface area contributed by atoms with Gasteiger partial charge in [0.1, 0.15) is 18.6 Å². The Balaban J connectivity index is 1.90. The molecule has 8 heteroatoms. The fourth-order valence-corrected chi connectivity index (χ4v) is 2.41. The number of nitrogens with zero attached hydrogens (tertiary/aromatic N) is 3. The molecule has 7 nitrogen and oxygen atoms in total. The molecule has 0 amide bonds. The molecule has 0 aliphatic rings. The van der Waals surface area contributed by atoms with E-state index in [1.165, 1.54) is 13.4 Å². The second kappa shape index (κ2) is 6.78. The van der Waals surface area contributed by atoms with E-state index in [2.05, 4.69) is 9.97 Å². The van der Waals surface area contributed by atoms with Gasteiger partial charge in [0.15, 0.2) is 0 Å². The van der Waals surface area contributed by atoms with Gasteiger partial charge in [-0.3, -0.25) is 0 Å². The zero-order chi connectivity index (χ0) is 16.2. The van der Waals surface area contributed by atoms with Crippen LogP contribution >= 0.6 is 0 Å². The SMILES string of the molecule is COc1ncnc2cc(B(O)O)n(COCc3ccccc3)c12. The first-order valence-electron chi connectivity index (χ1n) is 7.06. The minimum atomic E-state index is -1.64. The highest BCUT2D eigenvalue weighted by atomic mass is 16.5. The summed E-state index contributed by atoms with van der Waals surface area (Å²) >= 11 is 0. The number of hydrogen-bond donors (Lipinski definition) is 2. The van der Waals surface area contributed by atoms with Crippen molar-refractivity contribution in [2.45, 2.75) is 13.3 Å². The highest BCUT2D eigenvalue weighted by Crippen LogP contribution is 2.21. The lowest BCUT2D eigenvalue weighted by Crippen LogP contribution is -2.36. The quantitative estimate of drug-likeness (QED) is 0.636. The number of methoxy groups -OCH3 is 1. The molecule has 0 saturated heterocycles. The Bertz CT molecular complexity index is 792. The summed E-state index contributed by atoms with van der Waals surface area (Å²) in [6, 6.07) is 11.3. The third-order valence-corrected chi connectivity index (χ3v) is 3.47. The maximum Gasteiger partial charge on any atom is 0.506 e. The Morgan fingerprint density at radius 3 is 2.65 bits per heavy atom. The number of benzene rings is 1. The van der Waals surface area contributed by atoms with Crippen LogP contribution in [0.4, 0.5) is 0 Å². The summed E-state index contributed by atoms with van der Waals surface area (Å²) in [5, 5.41) is 19.2. The molecular weight excluding hydrogens is 297 g/mol. The van der Waals surface area contributed by atoms with E-state index in [1.807, 2.05) is 30.3 Å². The van der Waals surface area contributed by atoms with Crippen molar-refractivity contribution in [1.82, 2.24) is 14.5 Å². The first kappa shape index (κ1) is 15.5. The molecule has 2 aromatic heterocycles. The molecule has 2 heterocycles. The molecule has 0 saturated carbocycles. The van der Waals surface area contributed by atoms with Crippen LogP contribution in [0, 0.1) is 0 Å². The largest absolute Gasteiger partial charge is 0.506 e. The van der Waals surface area contributed by atoms with Crippen LogP contribution in [-0.4, -0.2) is 38.8 Å². The van der Waals surface area contributed by atoms with Crippen LogP contribution in [0.5, 0.6) is 5.88 Å². The topological polar surface area (TPSA) is 89.6 Å². The Hall–Kier alpha value is -2.42. The van der Waals surface area contributed by atoms with Gasteiger partial charge in [-0.25, -0.2) is 4.98 Å². The molecule has 0 aliphatic carbocycles. The van der Waals surface area contributed by atoms with E-state index in [9.17, 15) is 10.0 Å². The monoisotopic (exact) mass is 313 g/mol. The van der Waals surface area contributed by atoms with Gasteiger partial charge >= 0.3 is 7.12 Å². The highest BCUT2D eigenvalue weighted by molar-refractivity contribution is 6.58.